The average molecular weight is 316 g/mol. The van der Waals surface area contributed by atoms with Gasteiger partial charge in [0, 0.05) is 20.2 Å². The second-order valence-corrected chi connectivity index (χ2v) is 5.19. The minimum absolute atomic E-state index is 0.242. The Hall–Kier alpha value is -2.40. The molecule has 0 aliphatic heterocycles. The van der Waals surface area contributed by atoms with E-state index in [1.54, 1.807) is 13.2 Å². The number of hydrogen-bond acceptors (Lipinski definition) is 2. The van der Waals surface area contributed by atoms with Gasteiger partial charge < -0.3 is 15.4 Å². The minimum Gasteiger partial charge on any atom is -0.380 e. The van der Waals surface area contributed by atoms with Crippen LogP contribution in [0.5, 0.6) is 0 Å². The number of urea groups is 1. The van der Waals surface area contributed by atoms with Crippen molar-refractivity contribution in [3.8, 4) is 0 Å². The number of ether oxygens (including phenoxy) is 1. The number of rotatable bonds is 7. The molecule has 0 aromatic heterocycles. The Morgan fingerprint density at radius 1 is 1.09 bits per heavy atom. The van der Waals surface area contributed by atoms with Crippen molar-refractivity contribution in [2.45, 2.75) is 19.6 Å². The molecule has 2 amide bonds. The van der Waals surface area contributed by atoms with Gasteiger partial charge in [0.1, 0.15) is 5.82 Å². The lowest BCUT2D eigenvalue weighted by molar-refractivity contribution is 0.184. The molecule has 23 heavy (non-hydrogen) atoms. The molecule has 0 spiro atoms. The molecule has 2 N–H and O–H groups in total. The zero-order valence-corrected chi connectivity index (χ0v) is 13.1. The van der Waals surface area contributed by atoms with E-state index >= 15 is 0 Å². The van der Waals surface area contributed by atoms with Crippen molar-refractivity contribution in [3.05, 3.63) is 71.0 Å². The summed E-state index contributed by atoms with van der Waals surface area (Å²) in [6.45, 7) is 1.40. The quantitative estimate of drug-likeness (QED) is 0.825. The van der Waals surface area contributed by atoms with Gasteiger partial charge in [0.2, 0.25) is 0 Å². The summed E-state index contributed by atoms with van der Waals surface area (Å²) in [5, 5.41) is 5.58. The molecule has 122 valence electrons. The van der Waals surface area contributed by atoms with Crippen molar-refractivity contribution in [1.29, 1.82) is 0 Å². The normalized spacial score (nSPS) is 10.3. The Morgan fingerprint density at radius 3 is 2.61 bits per heavy atom. The summed E-state index contributed by atoms with van der Waals surface area (Å²) in [5.41, 5.74) is 2.93. The van der Waals surface area contributed by atoms with Gasteiger partial charge in [-0.25, -0.2) is 9.18 Å². The van der Waals surface area contributed by atoms with Crippen molar-refractivity contribution in [2.24, 2.45) is 0 Å². The van der Waals surface area contributed by atoms with Crippen molar-refractivity contribution in [3.63, 3.8) is 0 Å². The third-order valence-electron chi connectivity index (χ3n) is 3.45. The first-order valence-electron chi connectivity index (χ1n) is 7.51. The Morgan fingerprint density at radius 2 is 1.87 bits per heavy atom. The van der Waals surface area contributed by atoms with Crippen molar-refractivity contribution in [1.82, 2.24) is 10.6 Å². The summed E-state index contributed by atoms with van der Waals surface area (Å²) in [5.74, 6) is -0.262. The maximum atomic E-state index is 13.1. The van der Waals surface area contributed by atoms with Crippen LogP contribution in [-0.2, 0) is 24.3 Å². The number of benzene rings is 2. The highest BCUT2D eigenvalue weighted by Crippen LogP contribution is 2.09. The van der Waals surface area contributed by atoms with Crippen LogP contribution in [-0.4, -0.2) is 19.7 Å². The van der Waals surface area contributed by atoms with Gasteiger partial charge in [-0.05, 0) is 35.2 Å². The van der Waals surface area contributed by atoms with E-state index < -0.39 is 0 Å². The maximum Gasteiger partial charge on any atom is 0.315 e. The van der Waals surface area contributed by atoms with Crippen LogP contribution in [0.2, 0.25) is 0 Å². The summed E-state index contributed by atoms with van der Waals surface area (Å²) in [6.07, 6.45) is 0.589. The first-order valence-corrected chi connectivity index (χ1v) is 7.51. The number of hydrogen-bond donors (Lipinski definition) is 2. The van der Waals surface area contributed by atoms with E-state index in [4.69, 9.17) is 4.74 Å². The van der Waals surface area contributed by atoms with Crippen molar-refractivity contribution in [2.75, 3.05) is 13.7 Å². The molecule has 0 atom stereocenters. The van der Waals surface area contributed by atoms with Gasteiger partial charge in [-0.2, -0.15) is 0 Å². The molecule has 0 bridgehead atoms. The van der Waals surface area contributed by atoms with E-state index in [2.05, 4.69) is 10.6 Å². The summed E-state index contributed by atoms with van der Waals surface area (Å²) in [6, 6.07) is 13.9. The first-order chi connectivity index (χ1) is 11.2. The molecular weight excluding hydrogens is 295 g/mol. The lowest BCUT2D eigenvalue weighted by Gasteiger charge is -2.11. The summed E-state index contributed by atoms with van der Waals surface area (Å²) in [7, 11) is 1.64. The number of halogens is 1. The van der Waals surface area contributed by atoms with Crippen LogP contribution in [0.25, 0.3) is 0 Å². The van der Waals surface area contributed by atoms with Crippen molar-refractivity contribution < 1.29 is 13.9 Å². The van der Waals surface area contributed by atoms with Crippen LogP contribution in [0.1, 0.15) is 16.7 Å². The summed E-state index contributed by atoms with van der Waals surface area (Å²) < 4.78 is 18.2. The fourth-order valence-electron chi connectivity index (χ4n) is 2.28. The van der Waals surface area contributed by atoms with Gasteiger partial charge in [0.15, 0.2) is 0 Å². The van der Waals surface area contributed by atoms with E-state index in [1.165, 1.54) is 12.1 Å². The Labute approximate surface area is 135 Å². The molecule has 0 fully saturated rings. The highest BCUT2D eigenvalue weighted by atomic mass is 19.1. The molecule has 0 unspecified atom stereocenters. The number of carbonyl (C=O) groups excluding carboxylic acids is 1. The first kappa shape index (κ1) is 17.0. The van der Waals surface area contributed by atoms with E-state index in [0.717, 1.165) is 16.7 Å². The monoisotopic (exact) mass is 316 g/mol. The number of amides is 2. The molecule has 0 saturated carbocycles. The van der Waals surface area contributed by atoms with Gasteiger partial charge in [0.25, 0.3) is 0 Å². The smallest absolute Gasteiger partial charge is 0.315 e. The fraction of sp³-hybridized carbons (Fsp3) is 0.278. The maximum absolute atomic E-state index is 13.1. The Kier molecular flexibility index (Phi) is 6.56. The number of nitrogens with one attached hydrogen (secondary N) is 2. The second-order valence-electron chi connectivity index (χ2n) is 5.19. The second kappa shape index (κ2) is 8.90. The third-order valence-corrected chi connectivity index (χ3v) is 3.45. The number of carbonyl (C=O) groups is 1. The zero-order chi connectivity index (χ0) is 16.5. The average Bonchev–Trinajstić information content (AvgIpc) is 2.54. The predicted octanol–water partition coefficient (Wildman–Crippen LogP) is 3.01. The van der Waals surface area contributed by atoms with E-state index in [1.807, 2.05) is 30.3 Å². The van der Waals surface area contributed by atoms with Crippen LogP contribution in [0.3, 0.4) is 0 Å². The van der Waals surface area contributed by atoms with Gasteiger partial charge in [-0.15, -0.1) is 0 Å². The lowest BCUT2D eigenvalue weighted by Crippen LogP contribution is -2.36. The highest BCUT2D eigenvalue weighted by Gasteiger charge is 2.04. The van der Waals surface area contributed by atoms with E-state index in [-0.39, 0.29) is 11.8 Å². The Balaban J connectivity index is 1.75. The van der Waals surface area contributed by atoms with Crippen LogP contribution in [0.15, 0.2) is 48.5 Å². The molecule has 0 aliphatic carbocycles. The van der Waals surface area contributed by atoms with E-state index in [9.17, 15) is 9.18 Å². The Bertz CT molecular complexity index is 646. The molecular formula is C18H21FN2O2. The molecule has 4 nitrogen and oxygen atoms in total. The molecule has 0 aliphatic rings. The predicted molar refractivity (Wildman–Crippen MR) is 87.5 cm³/mol. The van der Waals surface area contributed by atoms with Gasteiger partial charge in [0.05, 0.1) is 6.61 Å². The standard InChI is InChI=1S/C18H21FN2O2/c1-23-13-16-7-3-2-6-15(16)12-21-18(22)20-10-9-14-5-4-8-17(19)11-14/h2-8,11H,9-10,12-13H2,1H3,(H2,20,21,22). The van der Waals surface area contributed by atoms with Gasteiger partial charge in [-0.3, -0.25) is 0 Å². The molecule has 0 heterocycles. The van der Waals surface area contributed by atoms with Crippen LogP contribution >= 0.6 is 0 Å². The van der Waals surface area contributed by atoms with E-state index in [0.29, 0.717) is 26.1 Å². The third kappa shape index (κ3) is 5.71. The molecule has 5 heteroatoms. The molecule has 0 saturated heterocycles. The lowest BCUT2D eigenvalue weighted by atomic mass is 10.1. The summed E-state index contributed by atoms with van der Waals surface area (Å²) >= 11 is 0. The molecule has 2 aromatic rings. The van der Waals surface area contributed by atoms with Crippen LogP contribution < -0.4 is 10.6 Å². The topological polar surface area (TPSA) is 50.4 Å². The van der Waals surface area contributed by atoms with Gasteiger partial charge >= 0.3 is 6.03 Å². The highest BCUT2D eigenvalue weighted by molar-refractivity contribution is 5.73. The molecule has 2 rings (SSSR count). The molecule has 0 radical (unpaired) electrons. The number of methoxy groups -OCH3 is 1. The minimum atomic E-state index is -0.262. The van der Waals surface area contributed by atoms with Crippen LogP contribution in [0, 0.1) is 5.82 Å². The zero-order valence-electron chi connectivity index (χ0n) is 13.1. The SMILES string of the molecule is COCc1ccccc1CNC(=O)NCCc1cccc(F)c1. The van der Waals surface area contributed by atoms with Crippen molar-refractivity contribution >= 4 is 6.03 Å². The van der Waals surface area contributed by atoms with Gasteiger partial charge in [-0.1, -0.05) is 36.4 Å². The fourth-order valence-corrected chi connectivity index (χ4v) is 2.28. The summed E-state index contributed by atoms with van der Waals surface area (Å²) in [4.78, 5) is 11.8. The largest absolute Gasteiger partial charge is 0.380 e. The van der Waals surface area contributed by atoms with Crippen LogP contribution in [0.4, 0.5) is 9.18 Å². The molecule has 2 aromatic carbocycles.